The number of likely N-dealkylation sites (tertiary alicyclic amines) is 2. The van der Waals surface area contributed by atoms with E-state index < -0.39 is 0 Å². The molecular formula is C18H27N3O. The van der Waals surface area contributed by atoms with Crippen LogP contribution in [0.1, 0.15) is 37.2 Å². The Hall–Kier alpha value is -1.39. The van der Waals surface area contributed by atoms with Gasteiger partial charge in [0.1, 0.15) is 0 Å². The highest BCUT2D eigenvalue weighted by Gasteiger charge is 2.32. The summed E-state index contributed by atoms with van der Waals surface area (Å²) in [6.07, 6.45) is 4.95. The Balaban J connectivity index is 1.67. The number of hydrogen-bond acceptors (Lipinski definition) is 3. The van der Waals surface area contributed by atoms with Crippen molar-refractivity contribution >= 4 is 5.91 Å². The van der Waals surface area contributed by atoms with Gasteiger partial charge in [0.25, 0.3) is 0 Å². The third-order valence-electron chi connectivity index (χ3n) is 5.10. The van der Waals surface area contributed by atoms with E-state index in [1.807, 2.05) is 30.3 Å². The van der Waals surface area contributed by atoms with E-state index in [4.69, 9.17) is 5.73 Å². The van der Waals surface area contributed by atoms with Crippen molar-refractivity contribution in [2.24, 2.45) is 5.73 Å². The molecule has 2 aliphatic heterocycles. The highest BCUT2D eigenvalue weighted by Crippen LogP contribution is 2.24. The molecule has 1 aromatic carbocycles. The summed E-state index contributed by atoms with van der Waals surface area (Å²) in [5.41, 5.74) is 6.95. The van der Waals surface area contributed by atoms with Crippen molar-refractivity contribution in [1.82, 2.24) is 9.80 Å². The van der Waals surface area contributed by atoms with Gasteiger partial charge < -0.3 is 10.6 Å². The SMILES string of the molecule is NCC(C(=O)N1CCCC(N2CCCC2)C1)c1ccccc1. The summed E-state index contributed by atoms with van der Waals surface area (Å²) in [5, 5.41) is 0. The first-order valence-electron chi connectivity index (χ1n) is 8.57. The zero-order valence-electron chi connectivity index (χ0n) is 13.3. The summed E-state index contributed by atoms with van der Waals surface area (Å²) in [6, 6.07) is 10.5. The van der Waals surface area contributed by atoms with Crippen molar-refractivity contribution in [2.75, 3.05) is 32.7 Å². The number of carbonyl (C=O) groups excluding carboxylic acids is 1. The van der Waals surface area contributed by atoms with Gasteiger partial charge in [-0.2, -0.15) is 0 Å². The second-order valence-electron chi connectivity index (χ2n) is 6.52. The van der Waals surface area contributed by atoms with E-state index in [0.29, 0.717) is 12.6 Å². The van der Waals surface area contributed by atoms with Gasteiger partial charge in [0.2, 0.25) is 5.91 Å². The minimum absolute atomic E-state index is 0.196. The Labute approximate surface area is 133 Å². The number of benzene rings is 1. The standard InChI is InChI=1S/C18H27N3O/c19-13-17(15-7-2-1-3-8-15)18(22)21-12-6-9-16(14-21)20-10-4-5-11-20/h1-3,7-8,16-17H,4-6,9-14,19H2. The molecule has 120 valence electrons. The third-order valence-corrected chi connectivity index (χ3v) is 5.10. The van der Waals surface area contributed by atoms with E-state index >= 15 is 0 Å². The molecule has 1 aromatic rings. The quantitative estimate of drug-likeness (QED) is 0.923. The molecule has 2 fully saturated rings. The highest BCUT2D eigenvalue weighted by molar-refractivity contribution is 5.84. The molecule has 22 heavy (non-hydrogen) atoms. The van der Waals surface area contributed by atoms with Crippen molar-refractivity contribution in [3.63, 3.8) is 0 Å². The number of amides is 1. The van der Waals surface area contributed by atoms with Gasteiger partial charge in [-0.25, -0.2) is 0 Å². The van der Waals surface area contributed by atoms with Gasteiger partial charge in [0.15, 0.2) is 0 Å². The van der Waals surface area contributed by atoms with Gasteiger partial charge in [-0.15, -0.1) is 0 Å². The Morgan fingerprint density at radius 2 is 1.86 bits per heavy atom. The van der Waals surface area contributed by atoms with E-state index in [1.165, 1.54) is 32.4 Å². The first kappa shape index (κ1) is 15.5. The van der Waals surface area contributed by atoms with Gasteiger partial charge in [0.05, 0.1) is 5.92 Å². The molecule has 2 atom stereocenters. The van der Waals surface area contributed by atoms with Crippen molar-refractivity contribution in [1.29, 1.82) is 0 Å². The number of rotatable bonds is 4. The second kappa shape index (κ2) is 7.25. The molecule has 4 nitrogen and oxygen atoms in total. The average molecular weight is 301 g/mol. The first-order valence-corrected chi connectivity index (χ1v) is 8.57. The lowest BCUT2D eigenvalue weighted by molar-refractivity contribution is -0.134. The van der Waals surface area contributed by atoms with Crippen LogP contribution in [0.2, 0.25) is 0 Å². The summed E-state index contributed by atoms with van der Waals surface area (Å²) >= 11 is 0. The monoisotopic (exact) mass is 301 g/mol. The smallest absolute Gasteiger partial charge is 0.231 e. The van der Waals surface area contributed by atoms with Crippen LogP contribution >= 0.6 is 0 Å². The molecule has 2 saturated heterocycles. The van der Waals surface area contributed by atoms with E-state index in [9.17, 15) is 4.79 Å². The minimum atomic E-state index is -0.196. The minimum Gasteiger partial charge on any atom is -0.341 e. The van der Waals surface area contributed by atoms with Crippen molar-refractivity contribution in [3.8, 4) is 0 Å². The predicted octanol–water partition coefficient (Wildman–Crippen LogP) is 1.82. The first-order chi connectivity index (χ1) is 10.8. The number of carbonyl (C=O) groups is 1. The predicted molar refractivity (Wildman–Crippen MR) is 88.6 cm³/mol. The Bertz CT molecular complexity index is 484. The van der Waals surface area contributed by atoms with Crippen LogP contribution in [0.15, 0.2) is 30.3 Å². The lowest BCUT2D eigenvalue weighted by atomic mass is 9.95. The zero-order valence-corrected chi connectivity index (χ0v) is 13.3. The Morgan fingerprint density at radius 3 is 2.55 bits per heavy atom. The molecule has 0 aromatic heterocycles. The van der Waals surface area contributed by atoms with Crippen LogP contribution in [0.3, 0.4) is 0 Å². The molecule has 2 unspecified atom stereocenters. The van der Waals surface area contributed by atoms with E-state index in [2.05, 4.69) is 9.80 Å². The Kier molecular flexibility index (Phi) is 5.11. The lowest BCUT2D eigenvalue weighted by Gasteiger charge is -2.39. The van der Waals surface area contributed by atoms with Gasteiger partial charge in [0, 0.05) is 25.7 Å². The molecule has 2 heterocycles. The summed E-state index contributed by atoms with van der Waals surface area (Å²) in [5.74, 6) is 0.0103. The van der Waals surface area contributed by atoms with Gasteiger partial charge >= 0.3 is 0 Å². The number of hydrogen-bond donors (Lipinski definition) is 1. The lowest BCUT2D eigenvalue weighted by Crippen LogP contribution is -2.50. The van der Waals surface area contributed by atoms with E-state index in [0.717, 1.165) is 25.1 Å². The number of piperidine rings is 1. The van der Waals surface area contributed by atoms with E-state index in [1.54, 1.807) is 0 Å². The van der Waals surface area contributed by atoms with Crippen molar-refractivity contribution in [3.05, 3.63) is 35.9 Å². The fourth-order valence-electron chi connectivity index (χ4n) is 3.84. The molecule has 4 heteroatoms. The normalized spacial score (nSPS) is 24.4. The molecule has 3 rings (SSSR count). The van der Waals surface area contributed by atoms with Crippen LogP contribution in [0.4, 0.5) is 0 Å². The molecule has 1 amide bonds. The molecule has 2 aliphatic rings. The van der Waals surface area contributed by atoms with E-state index in [-0.39, 0.29) is 11.8 Å². The summed E-state index contributed by atoms with van der Waals surface area (Å²) < 4.78 is 0. The third kappa shape index (κ3) is 3.33. The second-order valence-corrected chi connectivity index (χ2v) is 6.52. The van der Waals surface area contributed by atoms with Crippen molar-refractivity contribution < 1.29 is 4.79 Å². The Morgan fingerprint density at radius 1 is 1.14 bits per heavy atom. The molecule has 0 radical (unpaired) electrons. The summed E-state index contributed by atoms with van der Waals surface area (Å²) in [4.78, 5) is 17.5. The molecular weight excluding hydrogens is 274 g/mol. The largest absolute Gasteiger partial charge is 0.341 e. The fourth-order valence-corrected chi connectivity index (χ4v) is 3.84. The number of nitrogens with zero attached hydrogens (tertiary/aromatic N) is 2. The van der Waals surface area contributed by atoms with Crippen molar-refractivity contribution in [2.45, 2.75) is 37.6 Å². The van der Waals surface area contributed by atoms with Gasteiger partial charge in [-0.05, 0) is 44.3 Å². The van der Waals surface area contributed by atoms with Gasteiger partial charge in [-0.3, -0.25) is 9.69 Å². The van der Waals surface area contributed by atoms with Crippen LogP contribution < -0.4 is 5.73 Å². The molecule has 0 bridgehead atoms. The molecule has 0 saturated carbocycles. The summed E-state index contributed by atoms with van der Waals surface area (Å²) in [7, 11) is 0. The summed E-state index contributed by atoms with van der Waals surface area (Å²) in [6.45, 7) is 4.54. The number of nitrogens with two attached hydrogens (primary N) is 1. The van der Waals surface area contributed by atoms with Crippen LogP contribution in [-0.4, -0.2) is 54.5 Å². The average Bonchev–Trinajstić information content (AvgIpc) is 3.11. The fraction of sp³-hybridized carbons (Fsp3) is 0.611. The van der Waals surface area contributed by atoms with Crippen LogP contribution in [0.5, 0.6) is 0 Å². The maximum atomic E-state index is 12.9. The zero-order chi connectivity index (χ0) is 15.4. The molecule has 0 aliphatic carbocycles. The topological polar surface area (TPSA) is 49.6 Å². The molecule has 2 N–H and O–H groups in total. The maximum absolute atomic E-state index is 12.9. The van der Waals surface area contributed by atoms with Gasteiger partial charge in [-0.1, -0.05) is 30.3 Å². The van der Waals surface area contributed by atoms with Crippen LogP contribution in [0, 0.1) is 0 Å². The molecule has 0 spiro atoms. The maximum Gasteiger partial charge on any atom is 0.231 e. The van der Waals surface area contributed by atoms with Crippen LogP contribution in [0.25, 0.3) is 0 Å². The van der Waals surface area contributed by atoms with Crippen LogP contribution in [-0.2, 0) is 4.79 Å². The highest BCUT2D eigenvalue weighted by atomic mass is 16.2.